The molecular weight excluding hydrogens is 186 g/mol. The summed E-state index contributed by atoms with van der Waals surface area (Å²) in [5.74, 6) is 0.905. The minimum absolute atomic E-state index is 0.141. The fourth-order valence-corrected chi connectivity index (χ4v) is 1.15. The minimum Gasteiger partial charge on any atom is -0.490 e. The molecule has 0 amide bonds. The third-order valence-electron chi connectivity index (χ3n) is 2.72. The van der Waals surface area contributed by atoms with Crippen molar-refractivity contribution < 1.29 is 4.74 Å². The molecule has 0 saturated carbocycles. The Bertz CT molecular complexity index is 315. The first-order valence-corrected chi connectivity index (χ1v) is 5.40. The molecule has 0 bridgehead atoms. The summed E-state index contributed by atoms with van der Waals surface area (Å²) >= 11 is 0. The van der Waals surface area contributed by atoms with Gasteiger partial charge in [0.25, 0.3) is 0 Å². The van der Waals surface area contributed by atoms with Crippen molar-refractivity contribution >= 4 is 0 Å². The molecule has 2 nitrogen and oxygen atoms in total. The van der Waals surface area contributed by atoms with Crippen LogP contribution in [0.4, 0.5) is 0 Å². The highest BCUT2D eigenvalue weighted by Gasteiger charge is 2.22. The van der Waals surface area contributed by atoms with Crippen LogP contribution >= 0.6 is 0 Å². The number of hydrogen-bond donors (Lipinski definition) is 1. The zero-order valence-electron chi connectivity index (χ0n) is 10.1. The summed E-state index contributed by atoms with van der Waals surface area (Å²) < 4.78 is 5.92. The first kappa shape index (κ1) is 12.1. The third kappa shape index (κ3) is 3.24. The lowest BCUT2D eigenvalue weighted by molar-refractivity contribution is 0.102. The maximum atomic E-state index is 5.92. The molecule has 0 aliphatic carbocycles. The van der Waals surface area contributed by atoms with Gasteiger partial charge >= 0.3 is 0 Å². The molecule has 0 fully saturated rings. The number of para-hydroxylation sites is 1. The Morgan fingerprint density at radius 1 is 1.27 bits per heavy atom. The largest absolute Gasteiger partial charge is 0.490 e. The molecule has 0 heterocycles. The van der Waals surface area contributed by atoms with Gasteiger partial charge in [0.1, 0.15) is 11.9 Å². The van der Waals surface area contributed by atoms with Gasteiger partial charge in [-0.25, -0.2) is 0 Å². The zero-order valence-corrected chi connectivity index (χ0v) is 10.1. The Morgan fingerprint density at radius 2 is 1.87 bits per heavy atom. The average Bonchev–Trinajstić information content (AvgIpc) is 2.17. The molecule has 2 heteroatoms. The molecule has 0 aliphatic rings. The van der Waals surface area contributed by atoms with E-state index in [2.05, 4.69) is 27.7 Å². The second kappa shape index (κ2) is 4.67. The van der Waals surface area contributed by atoms with Crippen molar-refractivity contribution in [3.63, 3.8) is 0 Å². The molecular formula is C13H21NO. The van der Waals surface area contributed by atoms with Crippen molar-refractivity contribution in [2.45, 2.75) is 40.3 Å². The van der Waals surface area contributed by atoms with Crippen LogP contribution in [0.5, 0.6) is 5.75 Å². The highest BCUT2D eigenvalue weighted by atomic mass is 16.5. The van der Waals surface area contributed by atoms with Gasteiger partial charge in [0.15, 0.2) is 0 Å². The van der Waals surface area contributed by atoms with E-state index in [1.807, 2.05) is 24.3 Å². The molecule has 1 aromatic carbocycles. The average molecular weight is 207 g/mol. The van der Waals surface area contributed by atoms with Crippen LogP contribution in [0.2, 0.25) is 0 Å². The maximum Gasteiger partial charge on any atom is 0.124 e. The monoisotopic (exact) mass is 207 g/mol. The van der Waals surface area contributed by atoms with Crippen LogP contribution in [-0.2, 0) is 6.54 Å². The van der Waals surface area contributed by atoms with Gasteiger partial charge in [0, 0.05) is 12.1 Å². The smallest absolute Gasteiger partial charge is 0.124 e. The van der Waals surface area contributed by atoms with Gasteiger partial charge in [-0.15, -0.1) is 0 Å². The predicted molar refractivity (Wildman–Crippen MR) is 63.9 cm³/mol. The molecule has 1 atom stereocenters. The highest BCUT2D eigenvalue weighted by molar-refractivity contribution is 5.33. The molecule has 1 unspecified atom stereocenters. The standard InChI is InChI=1S/C13H21NO/c1-10(13(2,3)4)15-12-8-6-5-7-11(12)9-14/h5-8,10H,9,14H2,1-4H3. The first-order valence-electron chi connectivity index (χ1n) is 5.40. The van der Waals surface area contributed by atoms with E-state index in [-0.39, 0.29) is 11.5 Å². The van der Waals surface area contributed by atoms with Crippen molar-refractivity contribution in [3.05, 3.63) is 29.8 Å². The van der Waals surface area contributed by atoms with Crippen LogP contribution in [-0.4, -0.2) is 6.10 Å². The fraction of sp³-hybridized carbons (Fsp3) is 0.538. The van der Waals surface area contributed by atoms with Crippen LogP contribution in [0.25, 0.3) is 0 Å². The number of nitrogens with two attached hydrogens (primary N) is 1. The summed E-state index contributed by atoms with van der Waals surface area (Å²) in [5, 5.41) is 0. The Morgan fingerprint density at radius 3 is 2.40 bits per heavy atom. The topological polar surface area (TPSA) is 35.2 Å². The number of ether oxygens (including phenoxy) is 1. The van der Waals surface area contributed by atoms with Gasteiger partial charge in [-0.2, -0.15) is 0 Å². The van der Waals surface area contributed by atoms with E-state index in [1.165, 1.54) is 0 Å². The molecule has 1 rings (SSSR count). The molecule has 0 aliphatic heterocycles. The van der Waals surface area contributed by atoms with Gasteiger partial charge in [0.2, 0.25) is 0 Å². The summed E-state index contributed by atoms with van der Waals surface area (Å²) in [6.45, 7) is 9.12. The second-order valence-electron chi connectivity index (χ2n) is 4.94. The van der Waals surface area contributed by atoms with Crippen LogP contribution in [0.1, 0.15) is 33.3 Å². The lowest BCUT2D eigenvalue weighted by Gasteiger charge is -2.28. The van der Waals surface area contributed by atoms with E-state index in [9.17, 15) is 0 Å². The zero-order chi connectivity index (χ0) is 11.5. The van der Waals surface area contributed by atoms with E-state index in [1.54, 1.807) is 0 Å². The number of rotatable bonds is 3. The Labute approximate surface area is 92.4 Å². The molecule has 84 valence electrons. The van der Waals surface area contributed by atoms with E-state index < -0.39 is 0 Å². The molecule has 0 saturated heterocycles. The summed E-state index contributed by atoms with van der Waals surface area (Å²) in [4.78, 5) is 0. The van der Waals surface area contributed by atoms with Gasteiger partial charge in [-0.3, -0.25) is 0 Å². The van der Waals surface area contributed by atoms with Gasteiger partial charge in [-0.05, 0) is 18.4 Å². The third-order valence-corrected chi connectivity index (χ3v) is 2.72. The normalized spacial score (nSPS) is 13.7. The molecule has 0 radical (unpaired) electrons. The summed E-state index contributed by atoms with van der Waals surface area (Å²) in [6, 6.07) is 7.94. The second-order valence-corrected chi connectivity index (χ2v) is 4.94. The van der Waals surface area contributed by atoms with Crippen molar-refractivity contribution in [1.82, 2.24) is 0 Å². The maximum absolute atomic E-state index is 5.92. The first-order chi connectivity index (χ1) is 6.95. The highest BCUT2D eigenvalue weighted by Crippen LogP contribution is 2.26. The molecule has 2 N–H and O–H groups in total. The summed E-state index contributed by atoms with van der Waals surface area (Å²) in [7, 11) is 0. The molecule has 1 aromatic rings. The van der Waals surface area contributed by atoms with E-state index in [0.717, 1.165) is 11.3 Å². The van der Waals surface area contributed by atoms with Gasteiger partial charge in [0.05, 0.1) is 0 Å². The molecule has 15 heavy (non-hydrogen) atoms. The number of benzene rings is 1. The molecule has 0 spiro atoms. The van der Waals surface area contributed by atoms with Gasteiger partial charge in [-0.1, -0.05) is 39.0 Å². The van der Waals surface area contributed by atoms with Crippen molar-refractivity contribution in [1.29, 1.82) is 0 Å². The van der Waals surface area contributed by atoms with E-state index in [0.29, 0.717) is 6.54 Å². The summed E-state index contributed by atoms with van der Waals surface area (Å²) in [5.41, 5.74) is 6.86. The van der Waals surface area contributed by atoms with E-state index in [4.69, 9.17) is 10.5 Å². The Hall–Kier alpha value is -1.02. The van der Waals surface area contributed by atoms with Gasteiger partial charge < -0.3 is 10.5 Å². The van der Waals surface area contributed by atoms with Crippen LogP contribution in [0.15, 0.2) is 24.3 Å². The molecule has 0 aromatic heterocycles. The van der Waals surface area contributed by atoms with Crippen molar-refractivity contribution in [2.24, 2.45) is 11.1 Å². The minimum atomic E-state index is 0.141. The quantitative estimate of drug-likeness (QED) is 0.827. The fourth-order valence-electron chi connectivity index (χ4n) is 1.15. The number of hydrogen-bond acceptors (Lipinski definition) is 2. The Balaban J connectivity index is 2.80. The van der Waals surface area contributed by atoms with Crippen LogP contribution < -0.4 is 10.5 Å². The van der Waals surface area contributed by atoms with Crippen LogP contribution in [0.3, 0.4) is 0 Å². The van der Waals surface area contributed by atoms with E-state index >= 15 is 0 Å². The predicted octanol–water partition coefficient (Wildman–Crippen LogP) is 2.96. The lowest BCUT2D eigenvalue weighted by atomic mass is 9.90. The lowest BCUT2D eigenvalue weighted by Crippen LogP contribution is -2.29. The Kier molecular flexibility index (Phi) is 3.75. The van der Waals surface area contributed by atoms with Crippen LogP contribution in [0, 0.1) is 5.41 Å². The van der Waals surface area contributed by atoms with Crippen molar-refractivity contribution in [2.75, 3.05) is 0 Å². The summed E-state index contributed by atoms with van der Waals surface area (Å²) in [6.07, 6.45) is 0.171. The SMILES string of the molecule is CC(Oc1ccccc1CN)C(C)(C)C. The van der Waals surface area contributed by atoms with Crippen molar-refractivity contribution in [3.8, 4) is 5.75 Å².